The monoisotopic (exact) mass is 325 g/mol. The third kappa shape index (κ3) is 2.52. The molecule has 0 bridgehead atoms. The molecule has 1 aliphatic heterocycles. The van der Waals surface area contributed by atoms with E-state index in [0.29, 0.717) is 24.3 Å². The fourth-order valence-corrected chi connectivity index (χ4v) is 3.33. The van der Waals surface area contributed by atoms with Crippen LogP contribution in [0.25, 0.3) is 0 Å². The number of amides is 1. The number of phenolic OH excluding ortho intramolecular Hbond substituents is 1. The molecule has 126 valence electrons. The van der Waals surface area contributed by atoms with Crippen molar-refractivity contribution in [2.45, 2.75) is 45.3 Å². The average molecular weight is 325 g/mol. The fraction of sp³-hybridized carbons (Fsp3) is 0.350. The summed E-state index contributed by atoms with van der Waals surface area (Å²) < 4.78 is 6.08. The molecule has 0 saturated heterocycles. The molecule has 4 nitrogen and oxygen atoms in total. The summed E-state index contributed by atoms with van der Waals surface area (Å²) in [5.41, 5.74) is 0.878. The lowest BCUT2D eigenvalue weighted by atomic mass is 9.91. The third-order valence-corrected chi connectivity index (χ3v) is 4.93. The number of phenols is 1. The van der Waals surface area contributed by atoms with Crippen LogP contribution in [0, 0.1) is 0 Å². The number of aromatic hydroxyl groups is 1. The van der Waals surface area contributed by atoms with Crippen LogP contribution in [0.2, 0.25) is 0 Å². The van der Waals surface area contributed by atoms with Crippen molar-refractivity contribution in [1.29, 1.82) is 0 Å². The lowest BCUT2D eigenvalue weighted by molar-refractivity contribution is -0.136. The zero-order chi connectivity index (χ0) is 17.3. The van der Waals surface area contributed by atoms with Crippen LogP contribution in [0.3, 0.4) is 0 Å². The lowest BCUT2D eigenvalue weighted by Crippen LogP contribution is -2.56. The molecule has 24 heavy (non-hydrogen) atoms. The molecule has 0 saturated carbocycles. The predicted molar refractivity (Wildman–Crippen MR) is 94.4 cm³/mol. The van der Waals surface area contributed by atoms with E-state index < -0.39 is 5.60 Å². The van der Waals surface area contributed by atoms with Gasteiger partial charge in [-0.2, -0.15) is 0 Å². The number of carbonyl (C=O) groups excluding carboxylic acids is 1. The molecule has 1 N–H and O–H groups in total. The summed E-state index contributed by atoms with van der Waals surface area (Å²) in [6.07, 6.45) is 1.16. The molecule has 0 spiro atoms. The van der Waals surface area contributed by atoms with E-state index in [9.17, 15) is 9.90 Å². The van der Waals surface area contributed by atoms with Crippen molar-refractivity contribution in [2.75, 3.05) is 4.90 Å². The Bertz CT molecular complexity index is 738. The second-order valence-electron chi connectivity index (χ2n) is 6.22. The van der Waals surface area contributed by atoms with E-state index in [2.05, 4.69) is 0 Å². The molecule has 3 rings (SSSR count). The molecule has 0 aliphatic carbocycles. The van der Waals surface area contributed by atoms with E-state index in [1.807, 2.05) is 51.1 Å². The Morgan fingerprint density at radius 2 is 1.79 bits per heavy atom. The van der Waals surface area contributed by atoms with Crippen LogP contribution in [-0.4, -0.2) is 16.6 Å². The first-order valence-corrected chi connectivity index (χ1v) is 8.43. The van der Waals surface area contributed by atoms with Gasteiger partial charge >= 0.3 is 0 Å². The second kappa shape index (κ2) is 6.19. The quantitative estimate of drug-likeness (QED) is 0.904. The highest BCUT2D eigenvalue weighted by Crippen LogP contribution is 2.45. The van der Waals surface area contributed by atoms with E-state index >= 15 is 0 Å². The molecule has 0 fully saturated rings. The molecular formula is C20H23NO3. The highest BCUT2D eigenvalue weighted by molar-refractivity contribution is 6.03. The van der Waals surface area contributed by atoms with Gasteiger partial charge < -0.3 is 9.84 Å². The van der Waals surface area contributed by atoms with Gasteiger partial charge in [-0.3, -0.25) is 9.69 Å². The third-order valence-electron chi connectivity index (χ3n) is 4.93. The Morgan fingerprint density at radius 1 is 1.12 bits per heavy atom. The van der Waals surface area contributed by atoms with E-state index in [1.54, 1.807) is 23.1 Å². The topological polar surface area (TPSA) is 49.8 Å². The number of hydrogen-bond acceptors (Lipinski definition) is 3. The number of nitrogens with zero attached hydrogens (tertiary/aromatic N) is 1. The minimum absolute atomic E-state index is 0.0259. The van der Waals surface area contributed by atoms with Gasteiger partial charge in [0, 0.05) is 6.07 Å². The van der Waals surface area contributed by atoms with Gasteiger partial charge in [-0.1, -0.05) is 44.2 Å². The number of hydrogen-bond donors (Lipinski definition) is 1. The zero-order valence-corrected chi connectivity index (χ0v) is 14.3. The maximum Gasteiger partial charge on any atom is 0.271 e. The number of carbonyl (C=O) groups is 1. The van der Waals surface area contributed by atoms with Crippen LogP contribution < -0.4 is 9.64 Å². The first-order valence-electron chi connectivity index (χ1n) is 8.43. The summed E-state index contributed by atoms with van der Waals surface area (Å²) in [6.45, 7) is 5.94. The number of benzene rings is 2. The SMILES string of the molecule is CCC1(CC)Oc2cc(O)ccc2N(C(C)c2ccccc2)C1=O. The minimum atomic E-state index is -0.885. The summed E-state index contributed by atoms with van der Waals surface area (Å²) in [6, 6.07) is 14.8. The summed E-state index contributed by atoms with van der Waals surface area (Å²) in [4.78, 5) is 15.1. The fourth-order valence-electron chi connectivity index (χ4n) is 3.33. The lowest BCUT2D eigenvalue weighted by Gasteiger charge is -2.44. The van der Waals surface area contributed by atoms with Gasteiger partial charge in [0.25, 0.3) is 5.91 Å². The molecule has 2 aromatic rings. The van der Waals surface area contributed by atoms with Crippen molar-refractivity contribution in [3.8, 4) is 11.5 Å². The molecule has 1 aliphatic rings. The Hall–Kier alpha value is -2.49. The molecular weight excluding hydrogens is 302 g/mol. The van der Waals surface area contributed by atoms with Gasteiger partial charge in [-0.15, -0.1) is 0 Å². The smallest absolute Gasteiger partial charge is 0.271 e. The van der Waals surface area contributed by atoms with Crippen LogP contribution in [-0.2, 0) is 4.79 Å². The van der Waals surface area contributed by atoms with Crippen LogP contribution in [0.4, 0.5) is 5.69 Å². The van der Waals surface area contributed by atoms with Crippen LogP contribution in [0.5, 0.6) is 11.5 Å². The summed E-state index contributed by atoms with van der Waals surface area (Å²) in [5.74, 6) is 0.666. The number of anilines is 1. The Labute approximate surface area is 142 Å². The minimum Gasteiger partial charge on any atom is -0.508 e. The van der Waals surface area contributed by atoms with Crippen molar-refractivity contribution < 1.29 is 14.6 Å². The summed E-state index contributed by atoms with van der Waals surface area (Å²) in [7, 11) is 0. The second-order valence-corrected chi connectivity index (χ2v) is 6.22. The maximum absolute atomic E-state index is 13.3. The van der Waals surface area contributed by atoms with Crippen LogP contribution in [0.15, 0.2) is 48.5 Å². The molecule has 1 amide bonds. The van der Waals surface area contributed by atoms with Gasteiger partial charge in [-0.05, 0) is 37.5 Å². The van der Waals surface area contributed by atoms with E-state index in [0.717, 1.165) is 5.56 Å². The Kier molecular flexibility index (Phi) is 4.22. The average Bonchev–Trinajstić information content (AvgIpc) is 2.61. The van der Waals surface area contributed by atoms with Crippen molar-refractivity contribution in [1.82, 2.24) is 0 Å². The molecule has 4 heteroatoms. The molecule has 0 aromatic heterocycles. The van der Waals surface area contributed by atoms with Gasteiger partial charge in [0.05, 0.1) is 11.7 Å². The van der Waals surface area contributed by atoms with Crippen molar-refractivity contribution >= 4 is 11.6 Å². The molecule has 0 radical (unpaired) electrons. The number of rotatable bonds is 4. The number of ether oxygens (including phenoxy) is 1. The van der Waals surface area contributed by atoms with E-state index in [-0.39, 0.29) is 17.7 Å². The predicted octanol–water partition coefficient (Wildman–Crippen LogP) is 4.44. The van der Waals surface area contributed by atoms with Crippen LogP contribution in [0.1, 0.15) is 45.2 Å². The van der Waals surface area contributed by atoms with Crippen LogP contribution >= 0.6 is 0 Å². The largest absolute Gasteiger partial charge is 0.508 e. The highest BCUT2D eigenvalue weighted by atomic mass is 16.5. The highest BCUT2D eigenvalue weighted by Gasteiger charge is 2.47. The Morgan fingerprint density at radius 3 is 2.42 bits per heavy atom. The normalized spacial score (nSPS) is 17.1. The van der Waals surface area contributed by atoms with Gasteiger partial charge in [0.1, 0.15) is 11.5 Å². The molecule has 1 atom stereocenters. The Balaban J connectivity index is 2.14. The zero-order valence-electron chi connectivity index (χ0n) is 14.3. The first kappa shape index (κ1) is 16.4. The van der Waals surface area contributed by atoms with Crippen molar-refractivity contribution in [3.63, 3.8) is 0 Å². The van der Waals surface area contributed by atoms with Crippen molar-refractivity contribution in [3.05, 3.63) is 54.1 Å². The number of fused-ring (bicyclic) bond motifs is 1. The van der Waals surface area contributed by atoms with E-state index in [1.165, 1.54) is 0 Å². The standard InChI is InChI=1S/C20H23NO3/c1-4-20(5-2)19(23)21(14(3)15-9-7-6-8-10-15)17-12-11-16(22)13-18(17)24-20/h6-14,22H,4-5H2,1-3H3. The maximum atomic E-state index is 13.3. The molecule has 2 aromatic carbocycles. The van der Waals surface area contributed by atoms with Gasteiger partial charge in [-0.25, -0.2) is 0 Å². The summed E-state index contributed by atoms with van der Waals surface area (Å²) >= 11 is 0. The first-order chi connectivity index (χ1) is 11.5. The van der Waals surface area contributed by atoms with E-state index in [4.69, 9.17) is 4.74 Å². The van der Waals surface area contributed by atoms with Crippen molar-refractivity contribution in [2.24, 2.45) is 0 Å². The van der Waals surface area contributed by atoms with Gasteiger partial charge in [0.15, 0.2) is 5.60 Å². The van der Waals surface area contributed by atoms with Gasteiger partial charge in [0.2, 0.25) is 0 Å². The summed E-state index contributed by atoms with van der Waals surface area (Å²) in [5, 5.41) is 9.83. The molecule has 1 heterocycles. The molecule has 1 unspecified atom stereocenters.